The van der Waals surface area contributed by atoms with E-state index in [9.17, 15) is 37.2 Å². The molecule has 4 amide bonds. The van der Waals surface area contributed by atoms with Crippen molar-refractivity contribution in [3.63, 3.8) is 0 Å². The summed E-state index contributed by atoms with van der Waals surface area (Å²) in [6.07, 6.45) is -1.02. The fourth-order valence-corrected chi connectivity index (χ4v) is 6.39. The molecular formula is C34H31F4IN6O5. The van der Waals surface area contributed by atoms with Crippen LogP contribution in [0.4, 0.5) is 33.9 Å². The van der Waals surface area contributed by atoms with Gasteiger partial charge in [0.25, 0.3) is 11.8 Å². The first kappa shape index (κ1) is 36.5. The zero-order valence-electron chi connectivity index (χ0n) is 27.0. The Hall–Kier alpha value is -4.79. The topological polar surface area (TPSA) is 136 Å². The van der Waals surface area contributed by atoms with E-state index < -0.39 is 96.7 Å². The van der Waals surface area contributed by atoms with Gasteiger partial charge in [0, 0.05) is 34.7 Å². The van der Waals surface area contributed by atoms with Gasteiger partial charge in [0.15, 0.2) is 0 Å². The minimum Gasteiger partial charge on any atom is -0.444 e. The van der Waals surface area contributed by atoms with Gasteiger partial charge in [-0.05, 0) is 79.3 Å². The predicted octanol–water partition coefficient (Wildman–Crippen LogP) is 5.48. The molecule has 2 atom stereocenters. The molecule has 0 radical (unpaired) electrons. The third kappa shape index (κ3) is 8.15. The second-order valence-corrected chi connectivity index (χ2v) is 14.0. The summed E-state index contributed by atoms with van der Waals surface area (Å²) in [6, 6.07) is 8.66. The lowest BCUT2D eigenvalue weighted by molar-refractivity contribution is -0.133. The molecule has 2 fully saturated rings. The third-order valence-electron chi connectivity index (χ3n) is 7.86. The fourth-order valence-electron chi connectivity index (χ4n) is 5.71. The first-order chi connectivity index (χ1) is 23.5. The van der Waals surface area contributed by atoms with Crippen molar-refractivity contribution in [1.82, 2.24) is 15.2 Å². The lowest BCUT2D eigenvalue weighted by Crippen LogP contribution is -2.65. The molecule has 1 aromatic heterocycles. The largest absolute Gasteiger partial charge is 0.444 e. The highest BCUT2D eigenvalue weighted by molar-refractivity contribution is 14.1. The van der Waals surface area contributed by atoms with E-state index in [0.29, 0.717) is 9.64 Å². The van der Waals surface area contributed by atoms with Crippen LogP contribution in [-0.4, -0.2) is 70.4 Å². The molecule has 1 saturated heterocycles. The molecule has 50 heavy (non-hydrogen) atoms. The number of benzene rings is 2. The number of ether oxygens (including phenoxy) is 1. The molecule has 0 unspecified atom stereocenters. The maximum absolute atomic E-state index is 15.1. The van der Waals surface area contributed by atoms with Crippen molar-refractivity contribution in [2.24, 2.45) is 0 Å². The van der Waals surface area contributed by atoms with Gasteiger partial charge in [-0.3, -0.25) is 29.1 Å². The monoisotopic (exact) mass is 806 g/mol. The molecule has 3 aromatic rings. The Balaban J connectivity index is 1.69. The van der Waals surface area contributed by atoms with Crippen LogP contribution >= 0.6 is 22.6 Å². The van der Waals surface area contributed by atoms with Crippen LogP contribution in [0.3, 0.4) is 0 Å². The summed E-state index contributed by atoms with van der Waals surface area (Å²) in [7, 11) is 0. The smallest absolute Gasteiger partial charge is 0.410 e. The highest BCUT2D eigenvalue weighted by atomic mass is 127. The summed E-state index contributed by atoms with van der Waals surface area (Å²) in [5.41, 5.74) is -1.17. The summed E-state index contributed by atoms with van der Waals surface area (Å²) in [4.78, 5) is 63.2. The van der Waals surface area contributed by atoms with E-state index in [1.165, 1.54) is 24.4 Å². The van der Waals surface area contributed by atoms with Gasteiger partial charge in [-0.1, -0.05) is 18.2 Å². The molecule has 2 aliphatic rings. The number of carbonyl (C=O) groups is 4. The fraction of sp³-hybridized carbons (Fsp3) is 0.353. The van der Waals surface area contributed by atoms with E-state index in [4.69, 9.17) is 4.74 Å². The molecule has 1 saturated carbocycles. The minimum atomic E-state index is -3.01. The van der Waals surface area contributed by atoms with Crippen molar-refractivity contribution >= 4 is 57.9 Å². The Morgan fingerprint density at radius 2 is 1.76 bits per heavy atom. The lowest BCUT2D eigenvalue weighted by atomic mass is 9.87. The summed E-state index contributed by atoms with van der Waals surface area (Å²) >= 11 is 1.90. The number of nitriles is 1. The average molecular weight is 807 g/mol. The summed E-state index contributed by atoms with van der Waals surface area (Å²) in [5, 5.41) is 12.1. The van der Waals surface area contributed by atoms with Crippen molar-refractivity contribution < 1.29 is 41.5 Å². The lowest BCUT2D eigenvalue weighted by Gasteiger charge is -2.43. The third-order valence-corrected chi connectivity index (χ3v) is 8.85. The Labute approximate surface area is 298 Å². The number of carbonyl (C=O) groups excluding carboxylic acids is 4. The molecule has 2 aromatic carbocycles. The van der Waals surface area contributed by atoms with E-state index in [-0.39, 0.29) is 16.9 Å². The number of piperazine rings is 1. The number of pyridine rings is 1. The van der Waals surface area contributed by atoms with Gasteiger partial charge in [-0.2, -0.15) is 5.26 Å². The number of halogens is 5. The second-order valence-electron chi connectivity index (χ2n) is 12.9. The Kier molecular flexibility index (Phi) is 10.4. The van der Waals surface area contributed by atoms with Crippen molar-refractivity contribution in [3.8, 4) is 6.07 Å². The highest BCUT2D eigenvalue weighted by Crippen LogP contribution is 2.39. The van der Waals surface area contributed by atoms with Crippen LogP contribution in [0.5, 0.6) is 0 Å². The van der Waals surface area contributed by atoms with Crippen molar-refractivity contribution in [1.29, 1.82) is 5.26 Å². The maximum atomic E-state index is 15.1. The van der Waals surface area contributed by atoms with Crippen LogP contribution in [0.15, 0.2) is 60.8 Å². The van der Waals surface area contributed by atoms with Gasteiger partial charge in [0.05, 0.1) is 23.9 Å². The zero-order valence-corrected chi connectivity index (χ0v) is 29.2. The van der Waals surface area contributed by atoms with Crippen molar-refractivity contribution in [2.75, 3.05) is 22.9 Å². The van der Waals surface area contributed by atoms with Gasteiger partial charge >= 0.3 is 6.09 Å². The SMILES string of the molecule is CC(C)(C)OC(=O)N1CC(=O)N(c2cc(C#N)ccn2)[C@H](C(=O)N(c2cc(F)cc(F)c2)[C@H](C(=O)NC2CC(F)(F)C2)c2ccccc2I)C1. The molecule has 5 rings (SSSR count). The number of hydrogen-bond acceptors (Lipinski definition) is 7. The van der Waals surface area contributed by atoms with E-state index in [2.05, 4.69) is 10.3 Å². The molecule has 262 valence electrons. The van der Waals surface area contributed by atoms with Crippen LogP contribution in [0, 0.1) is 26.5 Å². The van der Waals surface area contributed by atoms with Crippen LogP contribution in [0.1, 0.15) is 50.8 Å². The number of nitrogens with zero attached hydrogens (tertiary/aromatic N) is 5. The Morgan fingerprint density at radius 3 is 2.36 bits per heavy atom. The van der Waals surface area contributed by atoms with Crippen molar-refractivity contribution in [2.45, 2.75) is 63.3 Å². The number of amides is 4. The molecule has 16 heteroatoms. The normalized spacial score (nSPS) is 18.1. The van der Waals surface area contributed by atoms with Crippen LogP contribution < -0.4 is 15.1 Å². The van der Waals surface area contributed by atoms with Crippen LogP contribution in [0.2, 0.25) is 0 Å². The van der Waals surface area contributed by atoms with Crippen molar-refractivity contribution in [3.05, 3.63) is 87.1 Å². The Bertz CT molecular complexity index is 1850. The summed E-state index contributed by atoms with van der Waals surface area (Å²) < 4.78 is 63.3. The number of nitrogens with one attached hydrogen (secondary N) is 1. The molecule has 0 bridgehead atoms. The second kappa shape index (κ2) is 14.2. The van der Waals surface area contributed by atoms with Gasteiger partial charge in [0.2, 0.25) is 11.8 Å². The molecule has 1 N–H and O–H groups in total. The first-order valence-corrected chi connectivity index (χ1v) is 16.4. The molecule has 1 aliphatic heterocycles. The van der Waals surface area contributed by atoms with E-state index in [1.807, 2.05) is 28.7 Å². The van der Waals surface area contributed by atoms with Gasteiger partial charge in [-0.25, -0.2) is 27.3 Å². The number of alkyl halides is 2. The quantitative estimate of drug-likeness (QED) is 0.247. The van der Waals surface area contributed by atoms with Crippen LogP contribution in [0.25, 0.3) is 0 Å². The average Bonchev–Trinajstić information content (AvgIpc) is 3.01. The molecule has 1 aliphatic carbocycles. The maximum Gasteiger partial charge on any atom is 0.410 e. The van der Waals surface area contributed by atoms with E-state index >= 15 is 4.79 Å². The highest BCUT2D eigenvalue weighted by Gasteiger charge is 2.49. The van der Waals surface area contributed by atoms with E-state index in [0.717, 1.165) is 26.8 Å². The van der Waals surface area contributed by atoms with Gasteiger partial charge in [0.1, 0.15) is 41.7 Å². The number of aromatic nitrogens is 1. The molecule has 0 spiro atoms. The zero-order chi connectivity index (χ0) is 36.5. The van der Waals surface area contributed by atoms with E-state index in [1.54, 1.807) is 39.0 Å². The minimum absolute atomic E-state index is 0.0843. The first-order valence-electron chi connectivity index (χ1n) is 15.3. The molecule has 11 nitrogen and oxygen atoms in total. The molecular weight excluding hydrogens is 775 g/mol. The predicted molar refractivity (Wildman–Crippen MR) is 180 cm³/mol. The number of hydrogen-bond donors (Lipinski definition) is 1. The van der Waals surface area contributed by atoms with Gasteiger partial charge in [-0.15, -0.1) is 0 Å². The molecule has 2 heterocycles. The summed E-state index contributed by atoms with van der Waals surface area (Å²) in [5.74, 6) is -8.19. The summed E-state index contributed by atoms with van der Waals surface area (Å²) in [6.45, 7) is 3.72. The number of anilines is 2. The van der Waals surface area contributed by atoms with Gasteiger partial charge < -0.3 is 10.1 Å². The van der Waals surface area contributed by atoms with Crippen LogP contribution in [-0.2, 0) is 19.1 Å². The standard InChI is InChI=1S/C34H31F4IN6O5/c1-33(2,3)50-32(49)43-17-26(45(28(46)18-43)27-10-19(16-40)8-9-41-27)31(48)44(23-12-20(35)11-21(36)13-23)29(24-6-4-5-7-25(24)39)30(47)42-22-14-34(37,38)15-22/h4-13,22,26,29H,14-15,17-18H2,1-3H3,(H,42,47)/t26-,29-/m0/s1. The number of rotatable bonds is 7. The Morgan fingerprint density at radius 1 is 1.10 bits per heavy atom.